The Morgan fingerprint density at radius 1 is 0.903 bits per heavy atom. The average Bonchev–Trinajstić information content (AvgIpc) is 2.78. The van der Waals surface area contributed by atoms with Crippen LogP contribution in [0.4, 0.5) is 5.69 Å². The van der Waals surface area contributed by atoms with Gasteiger partial charge in [-0.1, -0.05) is 36.4 Å². The van der Waals surface area contributed by atoms with Crippen molar-refractivity contribution in [3.63, 3.8) is 0 Å². The van der Waals surface area contributed by atoms with Gasteiger partial charge >= 0.3 is 0 Å². The quantitative estimate of drug-likeness (QED) is 0.557. The number of nitrogens with one attached hydrogen (secondary N) is 2. The van der Waals surface area contributed by atoms with Crippen molar-refractivity contribution in [1.29, 1.82) is 0 Å². The summed E-state index contributed by atoms with van der Waals surface area (Å²) in [6, 6.07) is 18.7. The Labute approximate surface area is 182 Å². The molecule has 3 aromatic carbocycles. The van der Waals surface area contributed by atoms with E-state index in [1.165, 1.54) is 26.4 Å². The van der Waals surface area contributed by atoms with Crippen molar-refractivity contribution in [1.82, 2.24) is 4.72 Å². The first-order valence-electron chi connectivity index (χ1n) is 9.51. The standard InChI is InChI=1S/C23H24N2O5S/c1-16-9-11-19(31(27,28)24-15-17-7-5-4-6-8-17)14-20(16)23(26)25-18-10-12-21(29-2)22(13-18)30-3/h4-14,24H,15H2,1-3H3,(H,25,26). The summed E-state index contributed by atoms with van der Waals surface area (Å²) < 4.78 is 38.5. The molecule has 0 aliphatic rings. The van der Waals surface area contributed by atoms with Crippen molar-refractivity contribution < 1.29 is 22.7 Å². The number of sulfonamides is 1. The smallest absolute Gasteiger partial charge is 0.255 e. The number of carbonyl (C=O) groups excluding carboxylic acids is 1. The van der Waals surface area contributed by atoms with Crippen molar-refractivity contribution in [2.24, 2.45) is 0 Å². The van der Waals surface area contributed by atoms with E-state index < -0.39 is 15.9 Å². The molecule has 0 aromatic heterocycles. The molecule has 0 fully saturated rings. The number of hydrogen-bond donors (Lipinski definition) is 2. The van der Waals surface area contributed by atoms with Gasteiger partial charge in [0.25, 0.3) is 5.91 Å². The van der Waals surface area contributed by atoms with E-state index in [2.05, 4.69) is 10.0 Å². The van der Waals surface area contributed by atoms with E-state index in [-0.39, 0.29) is 17.0 Å². The number of rotatable bonds is 8. The molecular weight excluding hydrogens is 416 g/mol. The molecule has 3 rings (SSSR count). The molecule has 0 saturated carbocycles. The van der Waals surface area contributed by atoms with Gasteiger partial charge in [-0.3, -0.25) is 4.79 Å². The maximum Gasteiger partial charge on any atom is 0.255 e. The van der Waals surface area contributed by atoms with Crippen molar-refractivity contribution in [2.45, 2.75) is 18.4 Å². The van der Waals surface area contributed by atoms with Crippen LogP contribution in [0.25, 0.3) is 0 Å². The van der Waals surface area contributed by atoms with Gasteiger partial charge in [0.15, 0.2) is 11.5 Å². The normalized spacial score (nSPS) is 11.1. The van der Waals surface area contributed by atoms with Gasteiger partial charge in [-0.2, -0.15) is 0 Å². The first-order valence-corrected chi connectivity index (χ1v) is 11.0. The average molecular weight is 441 g/mol. The van der Waals surface area contributed by atoms with Crippen LogP contribution in [0.1, 0.15) is 21.5 Å². The number of anilines is 1. The van der Waals surface area contributed by atoms with Crippen LogP contribution in [0.3, 0.4) is 0 Å². The summed E-state index contributed by atoms with van der Waals surface area (Å²) in [7, 11) is -0.761. The van der Waals surface area contributed by atoms with Gasteiger partial charge in [-0.15, -0.1) is 0 Å². The molecule has 3 aromatic rings. The predicted octanol–water partition coefficient (Wildman–Crippen LogP) is 3.74. The second-order valence-corrected chi connectivity index (χ2v) is 8.58. The van der Waals surface area contributed by atoms with E-state index in [1.807, 2.05) is 30.3 Å². The van der Waals surface area contributed by atoms with Crippen LogP contribution >= 0.6 is 0 Å². The summed E-state index contributed by atoms with van der Waals surface area (Å²) >= 11 is 0. The summed E-state index contributed by atoms with van der Waals surface area (Å²) in [5.41, 5.74) is 2.25. The Balaban J connectivity index is 1.80. The number of aryl methyl sites for hydroxylation is 1. The molecule has 0 spiro atoms. The minimum absolute atomic E-state index is 0.0199. The SMILES string of the molecule is COc1ccc(NC(=O)c2cc(S(=O)(=O)NCc3ccccc3)ccc2C)cc1OC. The van der Waals surface area contributed by atoms with Gasteiger partial charge in [-0.05, 0) is 42.3 Å². The molecule has 0 unspecified atom stereocenters. The van der Waals surface area contributed by atoms with E-state index in [0.29, 0.717) is 22.7 Å². The van der Waals surface area contributed by atoms with E-state index in [1.54, 1.807) is 31.2 Å². The number of hydrogen-bond acceptors (Lipinski definition) is 5. The molecule has 0 bridgehead atoms. The monoisotopic (exact) mass is 440 g/mol. The molecular formula is C23H24N2O5S. The zero-order chi connectivity index (χ0) is 22.4. The van der Waals surface area contributed by atoms with Crippen LogP contribution in [-0.4, -0.2) is 28.5 Å². The Bertz CT molecular complexity index is 1180. The first-order chi connectivity index (χ1) is 14.8. The maximum atomic E-state index is 12.8. The lowest BCUT2D eigenvalue weighted by molar-refractivity contribution is 0.102. The van der Waals surface area contributed by atoms with Gasteiger partial charge in [0.1, 0.15) is 0 Å². The molecule has 7 nitrogen and oxygen atoms in total. The fourth-order valence-corrected chi connectivity index (χ4v) is 4.03. The van der Waals surface area contributed by atoms with Crippen molar-refractivity contribution in [2.75, 3.05) is 19.5 Å². The maximum absolute atomic E-state index is 12.8. The van der Waals surface area contributed by atoms with Crippen LogP contribution in [0.5, 0.6) is 11.5 Å². The van der Waals surface area contributed by atoms with E-state index in [4.69, 9.17) is 9.47 Å². The third-order valence-corrected chi connectivity index (χ3v) is 6.11. The number of ether oxygens (including phenoxy) is 2. The molecule has 0 radical (unpaired) electrons. The van der Waals surface area contributed by atoms with Crippen molar-refractivity contribution >= 4 is 21.6 Å². The van der Waals surface area contributed by atoms with Gasteiger partial charge in [0, 0.05) is 23.9 Å². The molecule has 0 atom stereocenters. The van der Waals surface area contributed by atoms with E-state index in [9.17, 15) is 13.2 Å². The minimum atomic E-state index is -3.79. The Kier molecular flexibility index (Phi) is 6.94. The number of carbonyl (C=O) groups is 1. The molecule has 162 valence electrons. The summed E-state index contributed by atoms with van der Waals surface area (Å²) in [5.74, 6) is 0.581. The number of benzene rings is 3. The molecule has 1 amide bonds. The van der Waals surface area contributed by atoms with Gasteiger partial charge < -0.3 is 14.8 Å². The van der Waals surface area contributed by atoms with Crippen LogP contribution in [-0.2, 0) is 16.6 Å². The van der Waals surface area contributed by atoms with E-state index in [0.717, 1.165) is 5.56 Å². The second-order valence-electron chi connectivity index (χ2n) is 6.81. The lowest BCUT2D eigenvalue weighted by Gasteiger charge is -2.13. The third kappa shape index (κ3) is 5.42. The fraction of sp³-hybridized carbons (Fsp3) is 0.174. The zero-order valence-electron chi connectivity index (χ0n) is 17.5. The van der Waals surface area contributed by atoms with Crippen molar-refractivity contribution in [3.05, 3.63) is 83.4 Å². The topological polar surface area (TPSA) is 93.7 Å². The first kappa shape index (κ1) is 22.3. The van der Waals surface area contributed by atoms with Gasteiger partial charge in [0.2, 0.25) is 10.0 Å². The van der Waals surface area contributed by atoms with Crippen LogP contribution in [0, 0.1) is 6.92 Å². The van der Waals surface area contributed by atoms with Crippen LogP contribution in [0.2, 0.25) is 0 Å². The summed E-state index contributed by atoms with van der Waals surface area (Å²) in [5, 5.41) is 2.77. The highest BCUT2D eigenvalue weighted by Gasteiger charge is 2.18. The lowest BCUT2D eigenvalue weighted by Crippen LogP contribution is -2.24. The summed E-state index contributed by atoms with van der Waals surface area (Å²) in [6.45, 7) is 1.90. The summed E-state index contributed by atoms with van der Waals surface area (Å²) in [6.07, 6.45) is 0. The highest BCUT2D eigenvalue weighted by molar-refractivity contribution is 7.89. The van der Waals surface area contributed by atoms with Crippen molar-refractivity contribution in [3.8, 4) is 11.5 Å². The molecule has 0 aliphatic heterocycles. The summed E-state index contributed by atoms with van der Waals surface area (Å²) in [4.78, 5) is 12.9. The Hall–Kier alpha value is -3.36. The van der Waals surface area contributed by atoms with Crippen LogP contribution < -0.4 is 19.5 Å². The second kappa shape index (κ2) is 9.63. The van der Waals surface area contributed by atoms with Gasteiger partial charge in [0.05, 0.1) is 19.1 Å². The number of amides is 1. The predicted molar refractivity (Wildman–Crippen MR) is 119 cm³/mol. The Morgan fingerprint density at radius 2 is 1.61 bits per heavy atom. The minimum Gasteiger partial charge on any atom is -0.493 e. The molecule has 8 heteroatoms. The highest BCUT2D eigenvalue weighted by Crippen LogP contribution is 2.30. The fourth-order valence-electron chi connectivity index (χ4n) is 2.98. The van der Waals surface area contributed by atoms with Gasteiger partial charge in [-0.25, -0.2) is 13.1 Å². The van der Waals surface area contributed by atoms with Crippen LogP contribution in [0.15, 0.2) is 71.6 Å². The molecule has 0 aliphatic carbocycles. The third-order valence-electron chi connectivity index (χ3n) is 4.71. The zero-order valence-corrected chi connectivity index (χ0v) is 18.3. The molecule has 31 heavy (non-hydrogen) atoms. The number of methoxy groups -OCH3 is 2. The Morgan fingerprint density at radius 3 is 2.29 bits per heavy atom. The largest absolute Gasteiger partial charge is 0.493 e. The molecule has 0 saturated heterocycles. The van der Waals surface area contributed by atoms with E-state index >= 15 is 0 Å². The molecule has 2 N–H and O–H groups in total. The highest BCUT2D eigenvalue weighted by atomic mass is 32.2. The lowest BCUT2D eigenvalue weighted by atomic mass is 10.1. The molecule has 0 heterocycles.